The minimum Gasteiger partial charge on any atom is -0.369 e. The van der Waals surface area contributed by atoms with E-state index in [2.05, 4.69) is 76.7 Å². The normalized spacial score (nSPS) is 15.6. The van der Waals surface area contributed by atoms with Crippen LogP contribution in [0.4, 0.5) is 0 Å². The Bertz CT molecular complexity index is 885. The number of rotatable bonds is 3. The summed E-state index contributed by atoms with van der Waals surface area (Å²) in [6.45, 7) is 6.36. The van der Waals surface area contributed by atoms with E-state index in [9.17, 15) is 0 Å². The van der Waals surface area contributed by atoms with Crippen LogP contribution in [-0.2, 0) is 0 Å². The number of para-hydroxylation sites is 1. The van der Waals surface area contributed by atoms with Gasteiger partial charge in [0.25, 0.3) is 0 Å². The summed E-state index contributed by atoms with van der Waals surface area (Å²) >= 11 is 0. The molecule has 126 valence electrons. The Morgan fingerprint density at radius 2 is 1.76 bits per heavy atom. The van der Waals surface area contributed by atoms with E-state index in [1.54, 1.807) is 0 Å². The zero-order valence-electron chi connectivity index (χ0n) is 14.6. The zero-order valence-corrected chi connectivity index (χ0v) is 14.6. The summed E-state index contributed by atoms with van der Waals surface area (Å²) in [6, 6.07) is 19.4. The molecule has 0 bridgehead atoms. The van der Waals surface area contributed by atoms with E-state index >= 15 is 0 Å². The van der Waals surface area contributed by atoms with E-state index in [1.807, 2.05) is 12.3 Å². The van der Waals surface area contributed by atoms with Crippen molar-refractivity contribution >= 4 is 16.6 Å². The summed E-state index contributed by atoms with van der Waals surface area (Å²) in [4.78, 5) is 7.04. The Labute approximate surface area is 149 Å². The van der Waals surface area contributed by atoms with Crippen LogP contribution < -0.4 is 5.32 Å². The van der Waals surface area contributed by atoms with Gasteiger partial charge in [-0.3, -0.25) is 4.98 Å². The molecule has 2 heterocycles. The molecule has 0 radical (unpaired) electrons. The Kier molecular flexibility index (Phi) is 4.49. The predicted molar refractivity (Wildman–Crippen MR) is 105 cm³/mol. The van der Waals surface area contributed by atoms with Gasteiger partial charge < -0.3 is 10.2 Å². The van der Waals surface area contributed by atoms with Gasteiger partial charge in [0, 0.05) is 49.0 Å². The minimum absolute atomic E-state index is 1.05. The number of benzene rings is 2. The first kappa shape index (κ1) is 15.9. The minimum atomic E-state index is 1.05. The summed E-state index contributed by atoms with van der Waals surface area (Å²) < 4.78 is 0. The van der Waals surface area contributed by atoms with Gasteiger partial charge >= 0.3 is 0 Å². The van der Waals surface area contributed by atoms with Crippen molar-refractivity contribution in [3.8, 4) is 11.1 Å². The topological polar surface area (TPSA) is 28.2 Å². The zero-order chi connectivity index (χ0) is 17.1. The van der Waals surface area contributed by atoms with Gasteiger partial charge in [-0.1, -0.05) is 54.6 Å². The molecule has 0 unspecified atom stereocenters. The molecule has 0 saturated carbocycles. The number of nitrogens with zero attached hydrogens (tertiary/aromatic N) is 2. The molecule has 0 amide bonds. The quantitative estimate of drug-likeness (QED) is 0.782. The fourth-order valence-corrected chi connectivity index (χ4v) is 3.60. The SMILES string of the molecule is C/C=C(\c1ccc(-c2cccc3cccnc23)cc1)N1CCNCC1. The first-order chi connectivity index (χ1) is 12.4. The summed E-state index contributed by atoms with van der Waals surface area (Å²) in [7, 11) is 0. The van der Waals surface area contributed by atoms with E-state index in [0.29, 0.717) is 0 Å². The molecule has 0 atom stereocenters. The third-order valence-corrected chi connectivity index (χ3v) is 4.86. The first-order valence-electron chi connectivity index (χ1n) is 8.93. The lowest BCUT2D eigenvalue weighted by atomic mass is 9.99. The first-order valence-corrected chi connectivity index (χ1v) is 8.93. The number of nitrogens with one attached hydrogen (secondary N) is 1. The number of pyridine rings is 1. The number of hydrogen-bond donors (Lipinski definition) is 1. The molecular formula is C22H23N3. The molecule has 1 aromatic heterocycles. The van der Waals surface area contributed by atoms with Crippen molar-refractivity contribution < 1.29 is 0 Å². The molecular weight excluding hydrogens is 306 g/mol. The highest BCUT2D eigenvalue weighted by Crippen LogP contribution is 2.29. The Morgan fingerprint density at radius 1 is 1.00 bits per heavy atom. The molecule has 4 rings (SSSR count). The van der Waals surface area contributed by atoms with Crippen LogP contribution in [0, 0.1) is 0 Å². The molecule has 3 nitrogen and oxygen atoms in total. The van der Waals surface area contributed by atoms with Gasteiger partial charge in [0.05, 0.1) is 5.52 Å². The highest BCUT2D eigenvalue weighted by Gasteiger charge is 2.14. The van der Waals surface area contributed by atoms with Gasteiger partial charge in [-0.05, 0) is 24.1 Å². The van der Waals surface area contributed by atoms with E-state index in [0.717, 1.165) is 31.7 Å². The molecule has 1 fully saturated rings. The van der Waals surface area contributed by atoms with Gasteiger partial charge in [-0.2, -0.15) is 0 Å². The van der Waals surface area contributed by atoms with Crippen molar-refractivity contribution in [1.82, 2.24) is 15.2 Å². The van der Waals surface area contributed by atoms with Crippen molar-refractivity contribution in [3.63, 3.8) is 0 Å². The maximum Gasteiger partial charge on any atom is 0.0780 e. The van der Waals surface area contributed by atoms with Crippen molar-refractivity contribution in [2.45, 2.75) is 6.92 Å². The van der Waals surface area contributed by atoms with Crippen LogP contribution in [0.1, 0.15) is 12.5 Å². The van der Waals surface area contributed by atoms with E-state index < -0.39 is 0 Å². The average molecular weight is 329 g/mol. The molecule has 1 N–H and O–H groups in total. The second-order valence-corrected chi connectivity index (χ2v) is 6.37. The molecule has 1 saturated heterocycles. The van der Waals surface area contributed by atoms with Crippen LogP contribution in [0.15, 0.2) is 66.9 Å². The second kappa shape index (κ2) is 7.08. The fourth-order valence-electron chi connectivity index (χ4n) is 3.60. The summed E-state index contributed by atoms with van der Waals surface area (Å²) in [5.74, 6) is 0. The van der Waals surface area contributed by atoms with Gasteiger partial charge in [0.1, 0.15) is 0 Å². The van der Waals surface area contributed by atoms with Crippen LogP contribution in [0.25, 0.3) is 27.7 Å². The number of piperazine rings is 1. The Hall–Kier alpha value is -2.65. The van der Waals surface area contributed by atoms with Gasteiger partial charge in [0.15, 0.2) is 0 Å². The van der Waals surface area contributed by atoms with Gasteiger partial charge in [0.2, 0.25) is 0 Å². The lowest BCUT2D eigenvalue weighted by molar-refractivity contribution is 0.340. The van der Waals surface area contributed by atoms with Crippen molar-refractivity contribution in [1.29, 1.82) is 0 Å². The van der Waals surface area contributed by atoms with Crippen LogP contribution in [-0.4, -0.2) is 36.1 Å². The standard InChI is InChI=1S/C22H23N3/c1-2-21(25-15-13-23-14-16-25)18-10-8-17(9-11-18)20-7-3-5-19-6-4-12-24-22(19)20/h2-12,23H,13-16H2,1H3/b21-2+. The maximum absolute atomic E-state index is 4.58. The molecule has 3 aromatic rings. The smallest absolute Gasteiger partial charge is 0.0780 e. The predicted octanol–water partition coefficient (Wildman–Crippen LogP) is 4.17. The highest BCUT2D eigenvalue weighted by atomic mass is 15.2. The summed E-state index contributed by atoms with van der Waals surface area (Å²) in [5.41, 5.74) is 6.06. The monoisotopic (exact) mass is 329 g/mol. The second-order valence-electron chi connectivity index (χ2n) is 6.37. The van der Waals surface area contributed by atoms with Crippen molar-refractivity contribution in [2.24, 2.45) is 0 Å². The van der Waals surface area contributed by atoms with Gasteiger partial charge in [-0.15, -0.1) is 0 Å². The summed E-state index contributed by atoms with van der Waals surface area (Å²) in [6.07, 6.45) is 4.09. The van der Waals surface area contributed by atoms with Crippen LogP contribution in [0.2, 0.25) is 0 Å². The van der Waals surface area contributed by atoms with Gasteiger partial charge in [-0.25, -0.2) is 0 Å². The lowest BCUT2D eigenvalue weighted by Crippen LogP contribution is -2.42. The highest BCUT2D eigenvalue weighted by molar-refractivity contribution is 5.93. The van der Waals surface area contributed by atoms with Crippen molar-refractivity contribution in [3.05, 3.63) is 72.4 Å². The molecule has 1 aliphatic rings. The molecule has 2 aromatic carbocycles. The van der Waals surface area contributed by atoms with Crippen LogP contribution in [0.5, 0.6) is 0 Å². The van der Waals surface area contributed by atoms with E-state index in [4.69, 9.17) is 0 Å². The van der Waals surface area contributed by atoms with E-state index in [-0.39, 0.29) is 0 Å². The largest absolute Gasteiger partial charge is 0.369 e. The van der Waals surface area contributed by atoms with Crippen LogP contribution >= 0.6 is 0 Å². The number of allylic oxidation sites excluding steroid dienone is 1. The lowest BCUT2D eigenvalue weighted by Gasteiger charge is -2.31. The Morgan fingerprint density at radius 3 is 2.52 bits per heavy atom. The maximum atomic E-state index is 4.58. The molecule has 0 aliphatic carbocycles. The Balaban J connectivity index is 1.67. The van der Waals surface area contributed by atoms with Crippen molar-refractivity contribution in [2.75, 3.05) is 26.2 Å². The molecule has 3 heteroatoms. The fraction of sp³-hybridized carbons (Fsp3) is 0.227. The number of hydrogen-bond acceptors (Lipinski definition) is 3. The van der Waals surface area contributed by atoms with E-state index in [1.165, 1.54) is 27.8 Å². The number of fused-ring (bicyclic) bond motifs is 1. The third kappa shape index (κ3) is 3.15. The third-order valence-electron chi connectivity index (χ3n) is 4.86. The molecule has 25 heavy (non-hydrogen) atoms. The molecule has 1 aliphatic heterocycles. The average Bonchev–Trinajstić information content (AvgIpc) is 2.70. The van der Waals surface area contributed by atoms with Crippen LogP contribution in [0.3, 0.4) is 0 Å². The molecule has 0 spiro atoms. The summed E-state index contributed by atoms with van der Waals surface area (Å²) in [5, 5.41) is 4.60. The number of aromatic nitrogens is 1.